The van der Waals surface area contributed by atoms with Crippen molar-refractivity contribution in [3.05, 3.63) is 41.9 Å². The van der Waals surface area contributed by atoms with Crippen LogP contribution in [0, 0.1) is 6.92 Å². The van der Waals surface area contributed by atoms with Gasteiger partial charge in [0.2, 0.25) is 0 Å². The number of amides is 1. The summed E-state index contributed by atoms with van der Waals surface area (Å²) in [5.74, 6) is -0.312. The number of nitrogen functional groups attached to an aromatic ring is 1. The van der Waals surface area contributed by atoms with Gasteiger partial charge >= 0.3 is 0 Å². The molecule has 0 fully saturated rings. The van der Waals surface area contributed by atoms with Crippen molar-refractivity contribution in [2.24, 2.45) is 0 Å². The Morgan fingerprint density at radius 3 is 2.90 bits per heavy atom. The quantitative estimate of drug-likeness (QED) is 0.753. The fraction of sp³-hybridized carbons (Fsp3) is 0.0769. The van der Waals surface area contributed by atoms with Crippen molar-refractivity contribution >= 4 is 38.4 Å². The van der Waals surface area contributed by atoms with Crippen LogP contribution in [-0.2, 0) is 0 Å². The molecule has 0 bridgehead atoms. The number of carbonyl (C=O) groups is 1. The number of fused-ring (bicyclic) bond motifs is 1. The Balaban J connectivity index is 1.89. The molecule has 0 spiro atoms. The number of thiazole rings is 1. The zero-order valence-electron chi connectivity index (χ0n) is 10.6. The second-order valence-corrected chi connectivity index (χ2v) is 5.27. The highest BCUT2D eigenvalue weighted by Crippen LogP contribution is 2.27. The minimum absolute atomic E-state index is 0.0990. The maximum absolute atomic E-state index is 12.1. The number of anilines is 2. The van der Waals surface area contributed by atoms with E-state index in [0.29, 0.717) is 5.13 Å². The molecule has 0 saturated heterocycles. The molecule has 0 radical (unpaired) electrons. The molecule has 3 rings (SSSR count). The number of benzene rings is 1. The molecular formula is C13H11N5OS. The summed E-state index contributed by atoms with van der Waals surface area (Å²) in [5, 5.41) is 3.21. The second kappa shape index (κ2) is 4.86. The summed E-state index contributed by atoms with van der Waals surface area (Å²) in [5.41, 5.74) is 7.72. The highest BCUT2D eigenvalue weighted by atomic mass is 32.1. The van der Waals surface area contributed by atoms with E-state index in [9.17, 15) is 4.79 Å². The minimum atomic E-state index is -0.411. The fourth-order valence-electron chi connectivity index (χ4n) is 1.77. The number of nitrogens with one attached hydrogen (secondary N) is 1. The molecule has 3 aromatic rings. The standard InChI is InChI=1S/C13H11N5OS/c1-7-2-3-8-9(6-7)20-13(17-8)18-12(19)10-11(14)16-5-4-15-10/h2-6H,1H3,(H2,14,16)(H,17,18,19). The molecule has 6 nitrogen and oxygen atoms in total. The Hall–Kier alpha value is -2.54. The van der Waals surface area contributed by atoms with Crippen LogP contribution in [0.5, 0.6) is 0 Å². The molecule has 7 heteroatoms. The summed E-state index contributed by atoms with van der Waals surface area (Å²) in [6.07, 6.45) is 2.86. The van der Waals surface area contributed by atoms with Crippen molar-refractivity contribution < 1.29 is 4.79 Å². The lowest BCUT2D eigenvalue weighted by Gasteiger charge is -2.02. The number of hydrogen-bond donors (Lipinski definition) is 2. The third-order valence-corrected chi connectivity index (χ3v) is 3.64. The largest absolute Gasteiger partial charge is 0.382 e. The molecular weight excluding hydrogens is 274 g/mol. The molecule has 0 aliphatic carbocycles. The SMILES string of the molecule is Cc1ccc2nc(NC(=O)c3nccnc3N)sc2c1. The van der Waals surface area contributed by atoms with Gasteiger partial charge in [0.1, 0.15) is 0 Å². The van der Waals surface area contributed by atoms with Crippen molar-refractivity contribution in [2.75, 3.05) is 11.1 Å². The Kier molecular flexibility index (Phi) is 3.03. The van der Waals surface area contributed by atoms with Gasteiger partial charge in [-0.3, -0.25) is 10.1 Å². The molecule has 3 N–H and O–H groups in total. The zero-order valence-corrected chi connectivity index (χ0v) is 11.4. The summed E-state index contributed by atoms with van der Waals surface area (Å²) < 4.78 is 1.02. The maximum atomic E-state index is 12.1. The van der Waals surface area contributed by atoms with Crippen molar-refractivity contribution in [3.63, 3.8) is 0 Å². The Morgan fingerprint density at radius 2 is 2.10 bits per heavy atom. The normalized spacial score (nSPS) is 10.7. The molecule has 2 heterocycles. The molecule has 0 aliphatic heterocycles. The molecule has 1 aromatic carbocycles. The lowest BCUT2D eigenvalue weighted by Crippen LogP contribution is -2.16. The van der Waals surface area contributed by atoms with Crippen LogP contribution in [0.1, 0.15) is 16.1 Å². The maximum Gasteiger partial charge on any atom is 0.279 e. The van der Waals surface area contributed by atoms with Crippen molar-refractivity contribution in [1.82, 2.24) is 15.0 Å². The average molecular weight is 285 g/mol. The van der Waals surface area contributed by atoms with Gasteiger partial charge in [-0.2, -0.15) is 0 Å². The van der Waals surface area contributed by atoms with E-state index in [4.69, 9.17) is 5.73 Å². The van der Waals surface area contributed by atoms with E-state index < -0.39 is 5.91 Å². The van der Waals surface area contributed by atoms with Gasteiger partial charge < -0.3 is 5.73 Å². The van der Waals surface area contributed by atoms with E-state index in [0.717, 1.165) is 15.8 Å². The molecule has 1 amide bonds. The van der Waals surface area contributed by atoms with Gasteiger partial charge in [0, 0.05) is 12.4 Å². The summed E-state index contributed by atoms with van der Waals surface area (Å²) in [4.78, 5) is 24.2. The van der Waals surface area contributed by atoms with Crippen LogP contribution in [0.25, 0.3) is 10.2 Å². The van der Waals surface area contributed by atoms with Crippen LogP contribution in [0.4, 0.5) is 10.9 Å². The highest BCUT2D eigenvalue weighted by Gasteiger charge is 2.14. The van der Waals surface area contributed by atoms with E-state index in [1.807, 2.05) is 25.1 Å². The van der Waals surface area contributed by atoms with Crippen LogP contribution in [0.15, 0.2) is 30.6 Å². The lowest BCUT2D eigenvalue weighted by atomic mass is 10.2. The zero-order chi connectivity index (χ0) is 14.1. The summed E-state index contributed by atoms with van der Waals surface area (Å²) in [6, 6.07) is 5.93. The van der Waals surface area contributed by atoms with Crippen LogP contribution in [0.2, 0.25) is 0 Å². The van der Waals surface area contributed by atoms with Gasteiger partial charge in [0.25, 0.3) is 5.91 Å². The van der Waals surface area contributed by atoms with Crippen LogP contribution in [-0.4, -0.2) is 20.9 Å². The molecule has 0 aliphatic rings. The Bertz CT molecular complexity index is 798. The number of carbonyl (C=O) groups excluding carboxylic acids is 1. The third kappa shape index (κ3) is 2.30. The topological polar surface area (TPSA) is 93.8 Å². The number of nitrogens with zero attached hydrogens (tertiary/aromatic N) is 3. The smallest absolute Gasteiger partial charge is 0.279 e. The number of rotatable bonds is 2. The van der Waals surface area contributed by atoms with Crippen molar-refractivity contribution in [2.45, 2.75) is 6.92 Å². The summed E-state index contributed by atoms with van der Waals surface area (Å²) in [6.45, 7) is 2.01. The number of aromatic nitrogens is 3. The van der Waals surface area contributed by atoms with Crippen LogP contribution >= 0.6 is 11.3 Å². The average Bonchev–Trinajstić information content (AvgIpc) is 2.80. The van der Waals surface area contributed by atoms with Gasteiger partial charge in [-0.1, -0.05) is 17.4 Å². The van der Waals surface area contributed by atoms with Crippen LogP contribution < -0.4 is 11.1 Å². The van der Waals surface area contributed by atoms with Crippen molar-refractivity contribution in [3.8, 4) is 0 Å². The minimum Gasteiger partial charge on any atom is -0.382 e. The summed E-state index contributed by atoms with van der Waals surface area (Å²) in [7, 11) is 0. The predicted molar refractivity (Wildman–Crippen MR) is 78.8 cm³/mol. The molecule has 0 saturated carbocycles. The van der Waals surface area contributed by atoms with Gasteiger partial charge in [0.05, 0.1) is 10.2 Å². The molecule has 2 aromatic heterocycles. The monoisotopic (exact) mass is 285 g/mol. The van der Waals surface area contributed by atoms with Gasteiger partial charge in [-0.05, 0) is 24.6 Å². The van der Waals surface area contributed by atoms with E-state index in [1.54, 1.807) is 0 Å². The van der Waals surface area contributed by atoms with E-state index >= 15 is 0 Å². The molecule has 0 unspecified atom stereocenters. The first-order chi connectivity index (χ1) is 9.63. The molecule has 20 heavy (non-hydrogen) atoms. The Morgan fingerprint density at radius 1 is 1.30 bits per heavy atom. The number of nitrogens with two attached hydrogens (primary N) is 1. The fourth-order valence-corrected chi connectivity index (χ4v) is 2.72. The summed E-state index contributed by atoms with van der Waals surface area (Å²) >= 11 is 1.41. The predicted octanol–water partition coefficient (Wildman–Crippen LogP) is 2.23. The Labute approximate surface area is 118 Å². The van der Waals surface area contributed by atoms with Crippen LogP contribution in [0.3, 0.4) is 0 Å². The first-order valence-electron chi connectivity index (χ1n) is 5.88. The van der Waals surface area contributed by atoms with E-state index in [1.165, 1.54) is 23.7 Å². The first-order valence-corrected chi connectivity index (χ1v) is 6.70. The first kappa shape index (κ1) is 12.5. The number of aryl methyl sites for hydroxylation is 1. The third-order valence-electron chi connectivity index (χ3n) is 2.71. The number of hydrogen-bond acceptors (Lipinski definition) is 6. The highest BCUT2D eigenvalue weighted by molar-refractivity contribution is 7.22. The van der Waals surface area contributed by atoms with Gasteiger partial charge in [-0.15, -0.1) is 0 Å². The van der Waals surface area contributed by atoms with Crippen molar-refractivity contribution in [1.29, 1.82) is 0 Å². The molecule has 0 atom stereocenters. The van der Waals surface area contributed by atoms with E-state index in [2.05, 4.69) is 20.3 Å². The lowest BCUT2D eigenvalue weighted by molar-refractivity contribution is 0.102. The van der Waals surface area contributed by atoms with Gasteiger partial charge in [0.15, 0.2) is 16.6 Å². The second-order valence-electron chi connectivity index (χ2n) is 4.23. The van der Waals surface area contributed by atoms with E-state index in [-0.39, 0.29) is 11.5 Å². The van der Waals surface area contributed by atoms with Gasteiger partial charge in [-0.25, -0.2) is 15.0 Å². The molecule has 100 valence electrons.